The van der Waals surface area contributed by atoms with Crippen molar-refractivity contribution in [2.24, 2.45) is 0 Å². The summed E-state index contributed by atoms with van der Waals surface area (Å²) in [6.45, 7) is 3.84. The second kappa shape index (κ2) is 8.24. The van der Waals surface area contributed by atoms with Crippen LogP contribution < -0.4 is 14.8 Å². The fourth-order valence-electron chi connectivity index (χ4n) is 3.67. The molecule has 1 aliphatic heterocycles. The van der Waals surface area contributed by atoms with Gasteiger partial charge < -0.3 is 14.8 Å². The number of hydrogen-bond donors (Lipinski definition) is 1. The van der Waals surface area contributed by atoms with Gasteiger partial charge in [0.1, 0.15) is 5.82 Å². The Kier molecular flexibility index (Phi) is 5.66. The summed E-state index contributed by atoms with van der Waals surface area (Å²) in [4.78, 5) is 12.8. The van der Waals surface area contributed by atoms with Crippen LogP contribution in [0.15, 0.2) is 42.5 Å². The number of carbonyl (C=O) groups is 1. The quantitative estimate of drug-likeness (QED) is 0.613. The fraction of sp³-hybridized carbons (Fsp3) is 0.273. The summed E-state index contributed by atoms with van der Waals surface area (Å²) in [7, 11) is 3.23. The Bertz CT molecular complexity index is 1120. The standard InChI is InChI=1S/C22H22ClN3O3S/c1-12-18-20(14-8-7-11-17(28-3)19(14)29-4)30-13(2)22(27)24-21(18)26(25-12)16-10-6-5-9-15(16)23/h5-11,13,20H,1-4H3,(H,24,27). The van der Waals surface area contributed by atoms with Crippen molar-refractivity contribution in [2.45, 2.75) is 24.3 Å². The van der Waals surface area contributed by atoms with Gasteiger partial charge in [-0.1, -0.05) is 35.9 Å². The zero-order chi connectivity index (χ0) is 21.4. The Labute approximate surface area is 184 Å². The largest absolute Gasteiger partial charge is 0.493 e. The number of aromatic nitrogens is 2. The lowest BCUT2D eigenvalue weighted by molar-refractivity contribution is -0.115. The highest BCUT2D eigenvalue weighted by Gasteiger charge is 2.36. The van der Waals surface area contributed by atoms with Crippen molar-refractivity contribution >= 4 is 35.1 Å². The van der Waals surface area contributed by atoms with Crippen LogP contribution in [0.4, 0.5) is 5.82 Å². The average molecular weight is 444 g/mol. The Hall–Kier alpha value is -2.64. The molecular formula is C22H22ClN3O3S. The SMILES string of the molecule is COc1cccc(C2SC(C)C(=O)Nc3c2c(C)nn3-c2ccccc2Cl)c1OC. The molecule has 6 nitrogen and oxygen atoms in total. The number of thioether (sulfide) groups is 1. The van der Waals surface area contributed by atoms with E-state index in [1.54, 1.807) is 36.7 Å². The van der Waals surface area contributed by atoms with Gasteiger partial charge in [0, 0.05) is 11.1 Å². The topological polar surface area (TPSA) is 65.4 Å². The van der Waals surface area contributed by atoms with Crippen molar-refractivity contribution in [1.82, 2.24) is 9.78 Å². The predicted octanol–water partition coefficient (Wildman–Crippen LogP) is 5.01. The van der Waals surface area contributed by atoms with Gasteiger partial charge in [-0.25, -0.2) is 4.68 Å². The number of fused-ring (bicyclic) bond motifs is 1. The van der Waals surface area contributed by atoms with Gasteiger partial charge in [0.05, 0.1) is 41.1 Å². The number of hydrogen-bond acceptors (Lipinski definition) is 5. The Morgan fingerprint density at radius 1 is 1.13 bits per heavy atom. The molecule has 0 aliphatic carbocycles. The second-order valence-electron chi connectivity index (χ2n) is 6.94. The van der Waals surface area contributed by atoms with E-state index in [-0.39, 0.29) is 16.4 Å². The van der Waals surface area contributed by atoms with Crippen LogP contribution in [0.25, 0.3) is 5.69 Å². The zero-order valence-corrected chi connectivity index (χ0v) is 18.7. The maximum atomic E-state index is 12.8. The van der Waals surface area contributed by atoms with E-state index >= 15 is 0 Å². The predicted molar refractivity (Wildman–Crippen MR) is 120 cm³/mol. The number of rotatable bonds is 4. The monoisotopic (exact) mass is 443 g/mol. The molecule has 2 heterocycles. The molecule has 8 heteroatoms. The smallest absolute Gasteiger partial charge is 0.238 e. The lowest BCUT2D eigenvalue weighted by Gasteiger charge is -2.21. The molecule has 0 spiro atoms. The molecule has 0 radical (unpaired) electrons. The average Bonchev–Trinajstić information content (AvgIpc) is 2.99. The maximum Gasteiger partial charge on any atom is 0.238 e. The Morgan fingerprint density at radius 3 is 2.60 bits per heavy atom. The minimum Gasteiger partial charge on any atom is -0.493 e. The summed E-state index contributed by atoms with van der Waals surface area (Å²) in [5, 5.41) is 7.88. The molecule has 1 aromatic heterocycles. The van der Waals surface area contributed by atoms with Crippen LogP contribution in [-0.4, -0.2) is 35.2 Å². The van der Waals surface area contributed by atoms with Crippen molar-refractivity contribution in [3.05, 3.63) is 64.3 Å². The summed E-state index contributed by atoms with van der Waals surface area (Å²) in [6, 6.07) is 13.2. The van der Waals surface area contributed by atoms with Gasteiger partial charge >= 0.3 is 0 Å². The molecule has 4 rings (SSSR count). The van der Waals surface area contributed by atoms with E-state index in [0.29, 0.717) is 28.0 Å². The van der Waals surface area contributed by atoms with E-state index in [9.17, 15) is 4.79 Å². The highest BCUT2D eigenvalue weighted by molar-refractivity contribution is 8.01. The molecule has 0 fully saturated rings. The number of nitrogens with one attached hydrogen (secondary N) is 1. The van der Waals surface area contributed by atoms with Crippen LogP contribution in [0, 0.1) is 6.92 Å². The van der Waals surface area contributed by atoms with Crippen molar-refractivity contribution < 1.29 is 14.3 Å². The van der Waals surface area contributed by atoms with E-state index in [1.165, 1.54) is 0 Å². The summed E-state index contributed by atoms with van der Waals surface area (Å²) in [5.74, 6) is 1.83. The first-order valence-corrected chi connectivity index (χ1v) is 10.8. The van der Waals surface area contributed by atoms with Crippen LogP contribution >= 0.6 is 23.4 Å². The fourth-order valence-corrected chi connectivity index (χ4v) is 5.23. The number of anilines is 1. The summed E-state index contributed by atoms with van der Waals surface area (Å²) in [5.41, 5.74) is 3.36. The van der Waals surface area contributed by atoms with E-state index in [0.717, 1.165) is 16.8 Å². The molecule has 2 atom stereocenters. The van der Waals surface area contributed by atoms with E-state index in [2.05, 4.69) is 5.32 Å². The van der Waals surface area contributed by atoms with Gasteiger partial charge in [-0.15, -0.1) is 11.8 Å². The first-order valence-electron chi connectivity index (χ1n) is 9.47. The third kappa shape index (κ3) is 3.42. The third-order valence-corrected chi connectivity index (χ3v) is 6.82. The highest BCUT2D eigenvalue weighted by atomic mass is 35.5. The maximum absolute atomic E-state index is 12.8. The molecule has 3 aromatic rings. The Morgan fingerprint density at radius 2 is 1.90 bits per heavy atom. The number of aryl methyl sites for hydroxylation is 1. The molecule has 0 bridgehead atoms. The number of methoxy groups -OCH3 is 2. The van der Waals surface area contributed by atoms with Crippen LogP contribution in [-0.2, 0) is 4.79 Å². The minimum atomic E-state index is -0.280. The number of ether oxygens (including phenoxy) is 2. The zero-order valence-electron chi connectivity index (χ0n) is 17.1. The number of benzene rings is 2. The number of halogens is 1. The molecule has 2 unspecified atom stereocenters. The molecule has 1 amide bonds. The van der Waals surface area contributed by atoms with Crippen LogP contribution in [0.5, 0.6) is 11.5 Å². The van der Waals surface area contributed by atoms with Crippen LogP contribution in [0.2, 0.25) is 5.02 Å². The van der Waals surface area contributed by atoms with Crippen LogP contribution in [0.1, 0.15) is 29.0 Å². The molecule has 0 saturated carbocycles. The molecule has 2 aromatic carbocycles. The summed E-state index contributed by atoms with van der Waals surface area (Å²) in [6.07, 6.45) is 0. The second-order valence-corrected chi connectivity index (χ2v) is 8.80. The highest BCUT2D eigenvalue weighted by Crippen LogP contribution is 2.50. The molecule has 30 heavy (non-hydrogen) atoms. The lowest BCUT2D eigenvalue weighted by Crippen LogP contribution is -2.22. The van der Waals surface area contributed by atoms with Gasteiger partial charge in [0.15, 0.2) is 11.5 Å². The minimum absolute atomic E-state index is 0.0844. The molecular weight excluding hydrogens is 422 g/mol. The van der Waals surface area contributed by atoms with E-state index in [1.807, 2.05) is 50.2 Å². The van der Waals surface area contributed by atoms with Crippen LogP contribution in [0.3, 0.4) is 0 Å². The van der Waals surface area contributed by atoms with Crippen molar-refractivity contribution in [3.63, 3.8) is 0 Å². The lowest BCUT2D eigenvalue weighted by atomic mass is 10.0. The third-order valence-electron chi connectivity index (χ3n) is 5.12. The van der Waals surface area contributed by atoms with Gasteiger partial charge in [-0.05, 0) is 32.0 Å². The van der Waals surface area contributed by atoms with Gasteiger partial charge in [-0.2, -0.15) is 5.10 Å². The number of carbonyl (C=O) groups excluding carboxylic acids is 1. The molecule has 0 saturated heterocycles. The molecule has 1 N–H and O–H groups in total. The summed E-state index contributed by atoms with van der Waals surface area (Å²) < 4.78 is 12.9. The van der Waals surface area contributed by atoms with E-state index < -0.39 is 0 Å². The van der Waals surface area contributed by atoms with Crippen molar-refractivity contribution in [2.75, 3.05) is 19.5 Å². The Balaban J connectivity index is 1.97. The molecule has 156 valence electrons. The van der Waals surface area contributed by atoms with Crippen molar-refractivity contribution in [1.29, 1.82) is 0 Å². The number of para-hydroxylation sites is 2. The first-order chi connectivity index (χ1) is 14.5. The van der Waals surface area contributed by atoms with Gasteiger partial charge in [0.25, 0.3) is 0 Å². The molecule has 1 aliphatic rings. The van der Waals surface area contributed by atoms with Gasteiger partial charge in [0.2, 0.25) is 5.91 Å². The summed E-state index contributed by atoms with van der Waals surface area (Å²) >= 11 is 7.99. The number of amides is 1. The van der Waals surface area contributed by atoms with Crippen molar-refractivity contribution in [3.8, 4) is 17.2 Å². The first kappa shape index (κ1) is 20.6. The van der Waals surface area contributed by atoms with E-state index in [4.69, 9.17) is 26.2 Å². The normalized spacial score (nSPS) is 18.4. The van der Waals surface area contributed by atoms with Gasteiger partial charge in [-0.3, -0.25) is 4.79 Å². The number of nitrogens with zero attached hydrogens (tertiary/aromatic N) is 2.